The number of nitrogens with zero attached hydrogens (tertiary/aromatic N) is 1. The zero-order valence-electron chi connectivity index (χ0n) is 12.2. The summed E-state index contributed by atoms with van der Waals surface area (Å²) in [5.74, 6) is 0. The average molecular weight is 288 g/mol. The highest BCUT2D eigenvalue weighted by Gasteiger charge is 2.24. The first-order valence-corrected chi connectivity index (χ1v) is 7.76. The van der Waals surface area contributed by atoms with Gasteiger partial charge in [-0.1, -0.05) is 43.9 Å². The predicted molar refractivity (Wildman–Crippen MR) is 79.2 cm³/mol. The summed E-state index contributed by atoms with van der Waals surface area (Å²) in [7, 11) is 0. The van der Waals surface area contributed by atoms with Gasteiger partial charge in [-0.25, -0.2) is 4.79 Å². The summed E-state index contributed by atoms with van der Waals surface area (Å²) < 4.78 is 6.67. The molecule has 5 heteroatoms. The van der Waals surface area contributed by atoms with Crippen molar-refractivity contribution in [3.8, 4) is 5.69 Å². The highest BCUT2D eigenvalue weighted by atomic mass is 16.5. The molecule has 2 aromatic rings. The summed E-state index contributed by atoms with van der Waals surface area (Å²) in [6, 6.07) is 10.2. The van der Waals surface area contributed by atoms with Crippen LogP contribution < -0.4 is 15.6 Å². The summed E-state index contributed by atoms with van der Waals surface area (Å²) in [5, 5.41) is 6.19. The third kappa shape index (κ3) is 3.42. The molecule has 1 aliphatic carbocycles. The van der Waals surface area contributed by atoms with Crippen molar-refractivity contribution in [2.24, 2.45) is 0 Å². The minimum absolute atomic E-state index is 0.306. The molecule has 0 amide bonds. The van der Waals surface area contributed by atoms with Gasteiger partial charge in [-0.15, -0.1) is 0 Å². The minimum atomic E-state index is -0.306. The maximum Gasteiger partial charge on any atom is 0.431 e. The van der Waals surface area contributed by atoms with E-state index in [1.165, 1.54) is 38.5 Å². The minimum Gasteiger partial charge on any atom is -0.304 e. The van der Waals surface area contributed by atoms with Gasteiger partial charge in [0.1, 0.15) is 0 Å². The fourth-order valence-corrected chi connectivity index (χ4v) is 2.95. The fourth-order valence-electron chi connectivity index (χ4n) is 2.95. The van der Waals surface area contributed by atoms with Crippen LogP contribution in [0.2, 0.25) is 0 Å². The lowest BCUT2D eigenvalue weighted by Gasteiger charge is -2.13. The molecule has 1 aromatic heterocycles. The third-order valence-corrected chi connectivity index (χ3v) is 4.16. The lowest BCUT2D eigenvalue weighted by Crippen LogP contribution is -2.42. The summed E-state index contributed by atoms with van der Waals surface area (Å²) in [6.45, 7) is 0.533. The van der Waals surface area contributed by atoms with Crippen LogP contribution in [0.4, 0.5) is 0 Å². The number of hydrogen-bond donors (Lipinski definition) is 2. The summed E-state index contributed by atoms with van der Waals surface area (Å²) in [5.41, 5.74) is 1.21. The second-order valence-electron chi connectivity index (χ2n) is 5.67. The second-order valence-corrected chi connectivity index (χ2v) is 5.67. The molecule has 0 saturated heterocycles. The molecule has 1 saturated carbocycles. The van der Waals surface area contributed by atoms with E-state index in [1.807, 2.05) is 30.3 Å². The quantitative estimate of drug-likeness (QED) is 0.668. The van der Waals surface area contributed by atoms with Crippen LogP contribution in [0.5, 0.6) is 0 Å². The standard InChI is InChI=1S/C16H21N3O2/c20-16-15(12-17-13-8-4-1-2-5-9-13)19(18-21-16)14-10-6-3-7-11-14/h3,6-7,10-11,13,17H,1-2,4-5,8-9,12H2/p+1. The molecule has 0 aliphatic heterocycles. The molecule has 0 bridgehead atoms. The van der Waals surface area contributed by atoms with Crippen molar-refractivity contribution < 1.29 is 9.20 Å². The zero-order chi connectivity index (χ0) is 14.5. The van der Waals surface area contributed by atoms with Gasteiger partial charge in [0.2, 0.25) is 5.69 Å². The third-order valence-electron chi connectivity index (χ3n) is 4.16. The highest BCUT2D eigenvalue weighted by Crippen LogP contribution is 2.17. The molecule has 112 valence electrons. The SMILES string of the molecule is O=c1o[nH][n+](-c2ccccc2)c1CNC1CCCCCC1. The Morgan fingerprint density at radius 3 is 2.57 bits per heavy atom. The number of rotatable bonds is 4. The van der Waals surface area contributed by atoms with Crippen molar-refractivity contribution in [1.82, 2.24) is 10.6 Å². The van der Waals surface area contributed by atoms with Gasteiger partial charge in [0.15, 0.2) is 0 Å². The van der Waals surface area contributed by atoms with E-state index < -0.39 is 0 Å². The van der Waals surface area contributed by atoms with Crippen LogP contribution in [0.3, 0.4) is 0 Å². The Morgan fingerprint density at radius 2 is 1.86 bits per heavy atom. The van der Waals surface area contributed by atoms with Crippen molar-refractivity contribution in [2.45, 2.75) is 51.1 Å². The molecule has 21 heavy (non-hydrogen) atoms. The Morgan fingerprint density at radius 1 is 1.14 bits per heavy atom. The van der Waals surface area contributed by atoms with Crippen LogP contribution in [-0.2, 0) is 6.54 Å². The molecule has 0 spiro atoms. The topological polar surface area (TPSA) is 61.9 Å². The van der Waals surface area contributed by atoms with E-state index in [4.69, 9.17) is 4.52 Å². The van der Waals surface area contributed by atoms with E-state index in [0.717, 1.165) is 5.69 Å². The van der Waals surface area contributed by atoms with Gasteiger partial charge in [0.05, 0.1) is 6.54 Å². The van der Waals surface area contributed by atoms with E-state index in [2.05, 4.69) is 10.6 Å². The molecule has 1 aromatic carbocycles. The molecular formula is C16H22N3O2+. The molecule has 1 fully saturated rings. The van der Waals surface area contributed by atoms with Crippen molar-refractivity contribution >= 4 is 0 Å². The number of aromatic amines is 1. The largest absolute Gasteiger partial charge is 0.431 e. The van der Waals surface area contributed by atoms with E-state index in [9.17, 15) is 4.79 Å². The van der Waals surface area contributed by atoms with Crippen molar-refractivity contribution in [1.29, 1.82) is 0 Å². The smallest absolute Gasteiger partial charge is 0.304 e. The maximum absolute atomic E-state index is 11.9. The monoisotopic (exact) mass is 288 g/mol. The number of para-hydroxylation sites is 1. The van der Waals surface area contributed by atoms with Gasteiger partial charge < -0.3 is 5.32 Å². The molecule has 2 N–H and O–H groups in total. The van der Waals surface area contributed by atoms with Crippen LogP contribution in [-0.4, -0.2) is 11.3 Å². The average Bonchev–Trinajstić information content (AvgIpc) is 2.73. The van der Waals surface area contributed by atoms with Crippen LogP contribution in [0.15, 0.2) is 39.6 Å². The predicted octanol–water partition coefficient (Wildman–Crippen LogP) is 2.06. The van der Waals surface area contributed by atoms with E-state index in [0.29, 0.717) is 18.3 Å². The lowest BCUT2D eigenvalue weighted by molar-refractivity contribution is -0.677. The molecule has 0 unspecified atom stereocenters. The Labute approximate surface area is 123 Å². The first kappa shape index (κ1) is 14.1. The fraction of sp³-hybridized carbons (Fsp3) is 0.500. The molecule has 0 atom stereocenters. The number of benzene rings is 1. The molecule has 5 nitrogen and oxygen atoms in total. The normalized spacial score (nSPS) is 16.8. The van der Waals surface area contributed by atoms with Gasteiger partial charge >= 0.3 is 11.3 Å². The Hall–Kier alpha value is -1.88. The van der Waals surface area contributed by atoms with E-state index in [-0.39, 0.29) is 5.63 Å². The van der Waals surface area contributed by atoms with E-state index in [1.54, 1.807) is 4.68 Å². The molecule has 1 aliphatic rings. The number of nitrogens with one attached hydrogen (secondary N) is 2. The van der Waals surface area contributed by atoms with Crippen LogP contribution >= 0.6 is 0 Å². The van der Waals surface area contributed by atoms with Gasteiger partial charge in [-0.05, 0) is 22.8 Å². The first-order chi connectivity index (χ1) is 10.3. The highest BCUT2D eigenvalue weighted by molar-refractivity contribution is 5.21. The van der Waals surface area contributed by atoms with Gasteiger partial charge in [-0.2, -0.15) is 0 Å². The number of hydrogen-bond acceptors (Lipinski definition) is 3. The van der Waals surface area contributed by atoms with Crippen molar-refractivity contribution in [3.63, 3.8) is 0 Å². The molecular weight excluding hydrogens is 266 g/mol. The summed E-state index contributed by atoms with van der Waals surface area (Å²) in [4.78, 5) is 11.9. The van der Waals surface area contributed by atoms with Gasteiger partial charge in [0.25, 0.3) is 0 Å². The summed E-state index contributed by atoms with van der Waals surface area (Å²) in [6.07, 6.45) is 7.60. The molecule has 1 heterocycles. The van der Waals surface area contributed by atoms with E-state index >= 15 is 0 Å². The maximum atomic E-state index is 11.9. The number of H-pyrrole nitrogens is 1. The van der Waals surface area contributed by atoms with Gasteiger partial charge in [-0.3, -0.25) is 4.52 Å². The van der Waals surface area contributed by atoms with Crippen LogP contribution in [0.1, 0.15) is 44.2 Å². The van der Waals surface area contributed by atoms with Crippen LogP contribution in [0, 0.1) is 0 Å². The van der Waals surface area contributed by atoms with Crippen molar-refractivity contribution in [2.75, 3.05) is 0 Å². The van der Waals surface area contributed by atoms with Gasteiger partial charge in [0, 0.05) is 18.2 Å². The number of aromatic nitrogens is 2. The second kappa shape index (κ2) is 6.72. The van der Waals surface area contributed by atoms with Crippen molar-refractivity contribution in [3.05, 3.63) is 46.4 Å². The Balaban J connectivity index is 1.73. The van der Waals surface area contributed by atoms with Crippen LogP contribution in [0.25, 0.3) is 5.69 Å². The lowest BCUT2D eigenvalue weighted by atomic mass is 10.1. The molecule has 3 rings (SSSR count). The Bertz CT molecular complexity index is 610. The zero-order valence-corrected chi connectivity index (χ0v) is 12.2. The first-order valence-electron chi connectivity index (χ1n) is 7.76. The Kier molecular flexibility index (Phi) is 4.50. The summed E-state index contributed by atoms with van der Waals surface area (Å²) >= 11 is 0. The molecule has 0 radical (unpaired) electrons.